The highest BCUT2D eigenvalue weighted by molar-refractivity contribution is 5.55. The monoisotopic (exact) mass is 284 g/mol. The Kier molecular flexibility index (Phi) is 3.60. The Balaban J connectivity index is 2.25. The highest BCUT2D eigenvalue weighted by atomic mass is 16.5. The molecule has 2 aromatic rings. The fraction of sp³-hybridized carbons (Fsp3) is 0.333. The lowest BCUT2D eigenvalue weighted by molar-refractivity contribution is 0.0563. The molecule has 0 radical (unpaired) electrons. The van der Waals surface area contributed by atoms with Crippen LogP contribution >= 0.6 is 0 Å². The lowest BCUT2D eigenvalue weighted by Crippen LogP contribution is -2.32. The van der Waals surface area contributed by atoms with E-state index in [0.717, 1.165) is 24.0 Å². The summed E-state index contributed by atoms with van der Waals surface area (Å²) < 4.78 is 11.0. The molecule has 3 heteroatoms. The van der Waals surface area contributed by atoms with E-state index in [4.69, 9.17) is 9.47 Å². The van der Waals surface area contributed by atoms with E-state index >= 15 is 0 Å². The minimum absolute atomic E-state index is 0.661. The first kappa shape index (κ1) is 14.0. The number of ether oxygens (including phenoxy) is 2. The minimum Gasteiger partial charge on any atom is -0.496 e. The van der Waals surface area contributed by atoms with E-state index in [1.165, 1.54) is 5.56 Å². The zero-order valence-electron chi connectivity index (χ0n) is 12.4. The number of benzene rings is 2. The van der Waals surface area contributed by atoms with Gasteiger partial charge in [0.25, 0.3) is 0 Å². The quantitative estimate of drug-likeness (QED) is 0.940. The lowest BCUT2D eigenvalue weighted by atomic mass is 9.74. The molecule has 0 spiro atoms. The van der Waals surface area contributed by atoms with Gasteiger partial charge in [-0.1, -0.05) is 30.3 Å². The fourth-order valence-electron chi connectivity index (χ4n) is 3.33. The third-order valence-corrected chi connectivity index (χ3v) is 4.29. The first-order valence-corrected chi connectivity index (χ1v) is 7.23. The van der Waals surface area contributed by atoms with Gasteiger partial charge in [-0.05, 0) is 42.5 Å². The number of aryl methyl sites for hydroxylation is 1. The van der Waals surface area contributed by atoms with Crippen LogP contribution in [0, 0.1) is 0 Å². The second kappa shape index (κ2) is 5.41. The Hall–Kier alpha value is -2.00. The summed E-state index contributed by atoms with van der Waals surface area (Å²) in [5.41, 5.74) is 1.81. The van der Waals surface area contributed by atoms with Gasteiger partial charge in [-0.3, -0.25) is 0 Å². The van der Waals surface area contributed by atoms with E-state index in [0.29, 0.717) is 17.9 Å². The molecule has 3 nitrogen and oxygen atoms in total. The molecule has 1 atom stereocenters. The highest BCUT2D eigenvalue weighted by Crippen LogP contribution is 2.47. The summed E-state index contributed by atoms with van der Waals surface area (Å²) in [6, 6.07) is 13.7. The van der Waals surface area contributed by atoms with Gasteiger partial charge in [0, 0.05) is 0 Å². The Morgan fingerprint density at radius 1 is 0.952 bits per heavy atom. The molecule has 110 valence electrons. The predicted octanol–water partition coefficient (Wildman–Crippen LogP) is 3.28. The van der Waals surface area contributed by atoms with Crippen LogP contribution in [-0.2, 0) is 12.0 Å². The Morgan fingerprint density at radius 2 is 1.62 bits per heavy atom. The highest BCUT2D eigenvalue weighted by Gasteiger charge is 2.40. The maximum absolute atomic E-state index is 11.5. The van der Waals surface area contributed by atoms with Crippen molar-refractivity contribution in [3.8, 4) is 11.5 Å². The van der Waals surface area contributed by atoms with Gasteiger partial charge in [-0.2, -0.15) is 0 Å². The van der Waals surface area contributed by atoms with Gasteiger partial charge in [-0.15, -0.1) is 0 Å². The summed E-state index contributed by atoms with van der Waals surface area (Å²) in [5.74, 6) is 1.32. The van der Waals surface area contributed by atoms with Crippen molar-refractivity contribution in [1.29, 1.82) is 0 Å². The minimum atomic E-state index is -1.06. The maximum Gasteiger partial charge on any atom is 0.129 e. The molecule has 0 saturated carbocycles. The van der Waals surface area contributed by atoms with Crippen molar-refractivity contribution in [1.82, 2.24) is 0 Å². The van der Waals surface area contributed by atoms with Crippen LogP contribution in [0.1, 0.15) is 29.5 Å². The average Bonchev–Trinajstić information content (AvgIpc) is 2.54. The number of rotatable bonds is 3. The van der Waals surface area contributed by atoms with E-state index in [1.54, 1.807) is 14.2 Å². The van der Waals surface area contributed by atoms with Crippen LogP contribution in [0.5, 0.6) is 11.5 Å². The van der Waals surface area contributed by atoms with Crippen LogP contribution in [0.25, 0.3) is 0 Å². The van der Waals surface area contributed by atoms with Crippen molar-refractivity contribution in [3.05, 3.63) is 59.2 Å². The van der Waals surface area contributed by atoms with Crippen molar-refractivity contribution >= 4 is 0 Å². The van der Waals surface area contributed by atoms with Crippen molar-refractivity contribution in [2.75, 3.05) is 14.2 Å². The fourth-order valence-corrected chi connectivity index (χ4v) is 3.33. The zero-order chi connectivity index (χ0) is 14.9. The van der Waals surface area contributed by atoms with Crippen LogP contribution in [0.15, 0.2) is 42.5 Å². The summed E-state index contributed by atoms with van der Waals surface area (Å²) in [6.45, 7) is 0. The Morgan fingerprint density at radius 3 is 2.29 bits per heavy atom. The van der Waals surface area contributed by atoms with Crippen LogP contribution in [0.2, 0.25) is 0 Å². The largest absolute Gasteiger partial charge is 0.496 e. The van der Waals surface area contributed by atoms with Crippen LogP contribution in [0.4, 0.5) is 0 Å². The molecule has 0 bridgehead atoms. The van der Waals surface area contributed by atoms with Crippen molar-refractivity contribution in [2.45, 2.75) is 24.9 Å². The molecule has 0 fully saturated rings. The molecule has 2 aromatic carbocycles. The van der Waals surface area contributed by atoms with Gasteiger partial charge >= 0.3 is 0 Å². The number of hydrogen-bond donors (Lipinski definition) is 1. The normalized spacial score (nSPS) is 20.7. The SMILES string of the molecule is COc1cccc(OC)c1C1(O)CCCc2ccccc21. The molecule has 0 saturated heterocycles. The van der Waals surface area contributed by atoms with E-state index in [1.807, 2.05) is 36.4 Å². The topological polar surface area (TPSA) is 38.7 Å². The molecular weight excluding hydrogens is 264 g/mol. The summed E-state index contributed by atoms with van der Waals surface area (Å²) >= 11 is 0. The average molecular weight is 284 g/mol. The molecule has 0 aromatic heterocycles. The van der Waals surface area contributed by atoms with Crippen LogP contribution in [-0.4, -0.2) is 19.3 Å². The maximum atomic E-state index is 11.5. The third kappa shape index (κ3) is 2.18. The summed E-state index contributed by atoms with van der Waals surface area (Å²) in [5, 5.41) is 11.5. The first-order valence-electron chi connectivity index (χ1n) is 7.23. The molecular formula is C18H20O3. The van der Waals surface area contributed by atoms with Crippen molar-refractivity contribution in [2.24, 2.45) is 0 Å². The predicted molar refractivity (Wildman–Crippen MR) is 81.9 cm³/mol. The molecule has 1 aliphatic rings. The smallest absolute Gasteiger partial charge is 0.129 e. The molecule has 21 heavy (non-hydrogen) atoms. The second-order valence-corrected chi connectivity index (χ2v) is 5.41. The molecule has 0 amide bonds. The number of aliphatic hydroxyl groups is 1. The van der Waals surface area contributed by atoms with Gasteiger partial charge in [0.15, 0.2) is 0 Å². The zero-order valence-corrected chi connectivity index (χ0v) is 12.4. The molecule has 0 heterocycles. The van der Waals surface area contributed by atoms with Gasteiger partial charge in [0.1, 0.15) is 17.1 Å². The third-order valence-electron chi connectivity index (χ3n) is 4.29. The van der Waals surface area contributed by atoms with Gasteiger partial charge in [-0.25, -0.2) is 0 Å². The first-order chi connectivity index (χ1) is 10.2. The van der Waals surface area contributed by atoms with Gasteiger partial charge in [0.2, 0.25) is 0 Å². The van der Waals surface area contributed by atoms with Crippen molar-refractivity contribution in [3.63, 3.8) is 0 Å². The van der Waals surface area contributed by atoms with Crippen molar-refractivity contribution < 1.29 is 14.6 Å². The number of fused-ring (bicyclic) bond motifs is 1. The summed E-state index contributed by atoms with van der Waals surface area (Å²) in [4.78, 5) is 0. The Labute approximate surface area is 125 Å². The Bertz CT molecular complexity index is 628. The molecule has 0 aliphatic heterocycles. The van der Waals surface area contributed by atoms with Gasteiger partial charge in [0.05, 0.1) is 19.8 Å². The van der Waals surface area contributed by atoms with E-state index in [-0.39, 0.29) is 0 Å². The molecule has 1 aliphatic carbocycles. The lowest BCUT2D eigenvalue weighted by Gasteiger charge is -2.36. The molecule has 3 rings (SSSR count). The van der Waals surface area contributed by atoms with E-state index in [2.05, 4.69) is 6.07 Å². The second-order valence-electron chi connectivity index (χ2n) is 5.41. The van der Waals surface area contributed by atoms with Gasteiger partial charge < -0.3 is 14.6 Å². The number of hydrogen-bond acceptors (Lipinski definition) is 3. The van der Waals surface area contributed by atoms with E-state index < -0.39 is 5.60 Å². The van der Waals surface area contributed by atoms with Crippen LogP contribution in [0.3, 0.4) is 0 Å². The molecule has 1 unspecified atom stereocenters. The number of methoxy groups -OCH3 is 2. The van der Waals surface area contributed by atoms with Crippen LogP contribution < -0.4 is 9.47 Å². The standard InChI is InChI=1S/C18H20O3/c1-20-15-10-5-11-16(21-2)17(15)18(19)12-6-8-13-7-3-4-9-14(13)18/h3-5,7,9-11,19H,6,8,12H2,1-2H3. The molecule has 1 N–H and O–H groups in total. The summed E-state index contributed by atoms with van der Waals surface area (Å²) in [7, 11) is 3.24. The summed E-state index contributed by atoms with van der Waals surface area (Å²) in [6.07, 6.45) is 2.60. The van der Waals surface area contributed by atoms with E-state index in [9.17, 15) is 5.11 Å².